The van der Waals surface area contributed by atoms with E-state index in [2.05, 4.69) is 10.2 Å². The number of anilines is 1. The zero-order chi connectivity index (χ0) is 22.1. The molecule has 2 heterocycles. The summed E-state index contributed by atoms with van der Waals surface area (Å²) in [7, 11) is 3.28. The monoisotopic (exact) mass is 443 g/mol. The van der Waals surface area contributed by atoms with Crippen LogP contribution in [-0.4, -0.2) is 43.5 Å². The smallest absolute Gasteiger partial charge is 0.251 e. The van der Waals surface area contributed by atoms with Crippen LogP contribution in [0.25, 0.3) is 0 Å². The van der Waals surface area contributed by atoms with E-state index >= 15 is 0 Å². The molecule has 3 N–H and O–H groups in total. The van der Waals surface area contributed by atoms with Gasteiger partial charge < -0.3 is 20.5 Å². The molecule has 1 aliphatic carbocycles. The number of ether oxygens (including phenoxy) is 2. The van der Waals surface area contributed by atoms with Crippen molar-refractivity contribution in [2.75, 3.05) is 26.1 Å². The van der Waals surface area contributed by atoms with Crippen LogP contribution in [0.1, 0.15) is 58.6 Å². The summed E-state index contributed by atoms with van der Waals surface area (Å²) in [6.45, 7) is 2.73. The second-order valence-electron chi connectivity index (χ2n) is 8.09. The number of benzene rings is 1. The number of methoxy groups -OCH3 is 2. The van der Waals surface area contributed by atoms with Crippen molar-refractivity contribution in [2.24, 2.45) is 5.73 Å². The number of thiophene rings is 1. The number of hydrogen-bond donors (Lipinski definition) is 2. The fourth-order valence-corrected chi connectivity index (χ4v) is 6.10. The van der Waals surface area contributed by atoms with Crippen molar-refractivity contribution >= 4 is 28.2 Å². The van der Waals surface area contributed by atoms with E-state index in [1.54, 1.807) is 14.2 Å². The average Bonchev–Trinajstić information content (AvgIpc) is 3.48. The van der Waals surface area contributed by atoms with Crippen LogP contribution in [0.3, 0.4) is 0 Å². The highest BCUT2D eigenvalue weighted by atomic mass is 32.1. The van der Waals surface area contributed by atoms with E-state index in [4.69, 9.17) is 15.2 Å². The molecule has 2 atom stereocenters. The number of primary amides is 1. The molecule has 2 amide bonds. The Hall–Kier alpha value is -2.58. The third kappa shape index (κ3) is 4.02. The Morgan fingerprint density at radius 1 is 1.23 bits per heavy atom. The van der Waals surface area contributed by atoms with Gasteiger partial charge in [-0.15, -0.1) is 11.3 Å². The number of rotatable bonds is 7. The SMILES string of the molecule is COc1ccc([C@@H]2CCCN2[C@@H](C)C(=O)Nc2sc3c(c2C(N)=O)CCC3)c(OC)c1. The third-order valence-corrected chi connectivity index (χ3v) is 7.58. The molecule has 0 bridgehead atoms. The van der Waals surface area contributed by atoms with Crippen molar-refractivity contribution in [2.45, 2.75) is 51.1 Å². The predicted octanol–water partition coefficient (Wildman–Crippen LogP) is 3.52. The molecule has 7 nitrogen and oxygen atoms in total. The van der Waals surface area contributed by atoms with Gasteiger partial charge in [-0.3, -0.25) is 14.5 Å². The number of nitrogens with zero attached hydrogens (tertiary/aromatic N) is 1. The number of hydrogen-bond acceptors (Lipinski definition) is 6. The summed E-state index contributed by atoms with van der Waals surface area (Å²) < 4.78 is 10.9. The molecule has 2 aromatic rings. The minimum Gasteiger partial charge on any atom is -0.497 e. The first-order valence-corrected chi connectivity index (χ1v) is 11.5. The van der Waals surface area contributed by atoms with Crippen molar-refractivity contribution in [3.05, 3.63) is 39.8 Å². The van der Waals surface area contributed by atoms with E-state index in [0.29, 0.717) is 10.6 Å². The van der Waals surface area contributed by atoms with E-state index in [1.165, 1.54) is 16.2 Å². The van der Waals surface area contributed by atoms with Crippen LogP contribution in [0.4, 0.5) is 5.00 Å². The van der Waals surface area contributed by atoms with Gasteiger partial charge in [-0.1, -0.05) is 6.07 Å². The number of aryl methyl sites for hydroxylation is 1. The topological polar surface area (TPSA) is 93.9 Å². The van der Waals surface area contributed by atoms with Gasteiger partial charge in [0.2, 0.25) is 5.91 Å². The summed E-state index contributed by atoms with van der Waals surface area (Å²) in [4.78, 5) is 28.6. The van der Waals surface area contributed by atoms with Crippen LogP contribution in [0.2, 0.25) is 0 Å². The van der Waals surface area contributed by atoms with Crippen molar-refractivity contribution in [1.82, 2.24) is 4.90 Å². The van der Waals surface area contributed by atoms with Crippen LogP contribution >= 0.6 is 11.3 Å². The molecule has 0 saturated carbocycles. The van der Waals surface area contributed by atoms with E-state index < -0.39 is 5.91 Å². The predicted molar refractivity (Wildman–Crippen MR) is 121 cm³/mol. The molecule has 0 spiro atoms. The van der Waals surface area contributed by atoms with Crippen LogP contribution in [0.15, 0.2) is 18.2 Å². The lowest BCUT2D eigenvalue weighted by Gasteiger charge is -2.31. The molecule has 1 saturated heterocycles. The summed E-state index contributed by atoms with van der Waals surface area (Å²) in [5.74, 6) is 0.904. The number of likely N-dealkylation sites (tertiary alicyclic amines) is 1. The maximum Gasteiger partial charge on any atom is 0.251 e. The van der Waals surface area contributed by atoms with E-state index in [9.17, 15) is 9.59 Å². The molecule has 31 heavy (non-hydrogen) atoms. The average molecular weight is 444 g/mol. The highest BCUT2D eigenvalue weighted by molar-refractivity contribution is 7.17. The lowest BCUT2D eigenvalue weighted by Crippen LogP contribution is -2.41. The molecule has 1 aromatic heterocycles. The maximum absolute atomic E-state index is 13.2. The number of carbonyl (C=O) groups excluding carboxylic acids is 2. The molecule has 1 aliphatic heterocycles. The van der Waals surface area contributed by atoms with E-state index in [1.807, 2.05) is 25.1 Å². The normalized spacial score (nSPS) is 19.1. The minimum atomic E-state index is -0.468. The zero-order valence-corrected chi connectivity index (χ0v) is 19.0. The largest absolute Gasteiger partial charge is 0.497 e. The second-order valence-corrected chi connectivity index (χ2v) is 9.20. The molecular weight excluding hydrogens is 414 g/mol. The second kappa shape index (κ2) is 8.88. The molecule has 166 valence electrons. The molecule has 0 radical (unpaired) electrons. The van der Waals surface area contributed by atoms with Crippen molar-refractivity contribution in [3.8, 4) is 11.5 Å². The lowest BCUT2D eigenvalue weighted by molar-refractivity contribution is -0.121. The van der Waals surface area contributed by atoms with Gasteiger partial charge in [-0.05, 0) is 57.2 Å². The Balaban J connectivity index is 1.55. The zero-order valence-electron chi connectivity index (χ0n) is 18.2. The van der Waals surface area contributed by atoms with Crippen molar-refractivity contribution < 1.29 is 19.1 Å². The molecular formula is C23H29N3O4S. The van der Waals surface area contributed by atoms with Gasteiger partial charge in [0, 0.05) is 22.5 Å². The number of amides is 2. The molecule has 4 rings (SSSR count). The molecule has 8 heteroatoms. The van der Waals surface area contributed by atoms with Gasteiger partial charge in [0.25, 0.3) is 5.91 Å². The highest BCUT2D eigenvalue weighted by Gasteiger charge is 2.35. The standard InChI is InChI=1S/C23H29N3O4S/c1-13(22(28)25-23-20(21(24)27)16-6-4-8-19(16)31-23)26-11-5-7-17(26)15-10-9-14(29-2)12-18(15)30-3/h9-10,12-13,17H,4-8,11H2,1-3H3,(H2,24,27)(H,25,28)/t13-,17-/m0/s1. The van der Waals surface area contributed by atoms with Crippen LogP contribution in [-0.2, 0) is 17.6 Å². The van der Waals surface area contributed by atoms with Gasteiger partial charge in [-0.2, -0.15) is 0 Å². The third-order valence-electron chi connectivity index (χ3n) is 6.38. The fourth-order valence-electron chi connectivity index (χ4n) is 4.80. The molecule has 0 unspecified atom stereocenters. The summed E-state index contributed by atoms with van der Waals surface area (Å²) >= 11 is 1.49. The number of fused-ring (bicyclic) bond motifs is 1. The summed E-state index contributed by atoms with van der Waals surface area (Å²) in [6, 6.07) is 5.52. The van der Waals surface area contributed by atoms with Crippen molar-refractivity contribution in [3.63, 3.8) is 0 Å². The van der Waals surface area contributed by atoms with Crippen LogP contribution in [0.5, 0.6) is 11.5 Å². The minimum absolute atomic E-state index is 0.0746. The van der Waals surface area contributed by atoms with Gasteiger partial charge in [0.05, 0.1) is 25.8 Å². The van der Waals surface area contributed by atoms with Gasteiger partial charge in [0.15, 0.2) is 0 Å². The number of carbonyl (C=O) groups is 2. The van der Waals surface area contributed by atoms with Crippen LogP contribution < -0.4 is 20.5 Å². The van der Waals surface area contributed by atoms with Crippen LogP contribution in [0, 0.1) is 0 Å². The quantitative estimate of drug-likeness (QED) is 0.683. The van der Waals surface area contributed by atoms with E-state index in [0.717, 1.165) is 61.3 Å². The van der Waals surface area contributed by atoms with Gasteiger partial charge >= 0.3 is 0 Å². The first kappa shape index (κ1) is 21.6. The Morgan fingerprint density at radius 3 is 2.74 bits per heavy atom. The van der Waals surface area contributed by atoms with Gasteiger partial charge in [0.1, 0.15) is 16.5 Å². The number of nitrogens with two attached hydrogens (primary N) is 1. The Bertz CT molecular complexity index is 1000. The molecule has 1 aromatic carbocycles. The molecule has 1 fully saturated rings. The summed E-state index contributed by atoms with van der Waals surface area (Å²) in [5, 5.41) is 3.59. The fraction of sp³-hybridized carbons (Fsp3) is 0.478. The molecule has 2 aliphatic rings. The first-order chi connectivity index (χ1) is 14.9. The number of nitrogens with one attached hydrogen (secondary N) is 1. The van der Waals surface area contributed by atoms with Gasteiger partial charge in [-0.25, -0.2) is 0 Å². The lowest BCUT2D eigenvalue weighted by atomic mass is 10.0. The first-order valence-electron chi connectivity index (χ1n) is 10.7. The van der Waals surface area contributed by atoms with Crippen molar-refractivity contribution in [1.29, 1.82) is 0 Å². The Labute approximate surface area is 186 Å². The summed E-state index contributed by atoms with van der Waals surface area (Å²) in [5.41, 5.74) is 8.20. The maximum atomic E-state index is 13.2. The summed E-state index contributed by atoms with van der Waals surface area (Å²) in [6.07, 6.45) is 4.76. The Kier molecular flexibility index (Phi) is 6.20. The highest BCUT2D eigenvalue weighted by Crippen LogP contribution is 2.41. The Morgan fingerprint density at radius 2 is 2.03 bits per heavy atom. The van der Waals surface area contributed by atoms with E-state index in [-0.39, 0.29) is 18.0 Å².